The zero-order valence-electron chi connectivity index (χ0n) is 43.3. The average Bonchev–Trinajstić information content (AvgIpc) is 3.26. The predicted molar refractivity (Wildman–Crippen MR) is 276 cm³/mol. The smallest absolute Gasteiger partial charge is 0.596 e. The topological polar surface area (TPSA) is 120 Å². The Morgan fingerprint density at radius 3 is 0.391 bits per heavy atom. The third-order valence-corrected chi connectivity index (χ3v) is 14.6. The molecule has 381 valence electrons. The van der Waals surface area contributed by atoms with Crippen LogP contribution in [0.1, 0.15) is 329 Å². The van der Waals surface area contributed by atoms with Crippen LogP contribution in [0.3, 0.4) is 0 Å². The monoisotopic (exact) mass is 1000 g/mol. The minimum atomic E-state index is -2.14. The summed E-state index contributed by atoms with van der Waals surface area (Å²) in [5.41, 5.74) is 0. The van der Waals surface area contributed by atoms with Crippen LogP contribution in [-0.4, -0.2) is 18.5 Å². The van der Waals surface area contributed by atoms with Crippen LogP contribution in [0.4, 0.5) is 0 Å². The average molecular weight is 1000 g/mol. The zero-order valence-corrected chi connectivity index (χ0v) is 47.2. The first kappa shape index (κ1) is 71.3. The van der Waals surface area contributed by atoms with Gasteiger partial charge in [0.1, 0.15) is 18.5 Å². The van der Waals surface area contributed by atoms with Gasteiger partial charge in [0.05, 0.1) is 0 Å². The van der Waals surface area contributed by atoms with Gasteiger partial charge in [-0.15, -0.1) is 0 Å². The Labute approximate surface area is 415 Å². The van der Waals surface area contributed by atoms with Gasteiger partial charge in [0.2, 0.25) is 0 Å². The molecule has 0 aromatic carbocycles. The number of rotatable bonds is 51. The standard InChI is InChI=1S/3C18H37O2P.Cr/c3*1-2-3-4-5-6-7-8-9-10-11-12-13-14-15-16-17-18-21(19)20;/h3*2-18H2,1H3;/q;;;+3. The van der Waals surface area contributed by atoms with E-state index in [0.29, 0.717) is 18.5 Å². The number of unbranched alkanes of at least 4 members (excludes halogenated alkanes) is 45. The minimum Gasteiger partial charge on any atom is -0.596 e. The number of hydrogen-bond acceptors (Lipinski definition) is 6. The summed E-state index contributed by atoms with van der Waals surface area (Å²) in [4.78, 5) is 31.2. The summed E-state index contributed by atoms with van der Waals surface area (Å²) in [5, 5.41) is 0. The molecular formula is C54H111CrO6P3+3. The zero-order chi connectivity index (χ0) is 46.8. The van der Waals surface area contributed by atoms with Crippen molar-refractivity contribution < 1.29 is 45.7 Å². The molecule has 0 heterocycles. The van der Waals surface area contributed by atoms with Gasteiger partial charge < -0.3 is 14.7 Å². The second-order valence-corrected chi connectivity index (χ2v) is 22.4. The van der Waals surface area contributed by atoms with E-state index in [0.717, 1.165) is 38.5 Å². The Bertz CT molecular complexity index is 775. The maximum atomic E-state index is 10.4. The molecule has 3 unspecified atom stereocenters. The molecule has 1 radical (unpaired) electrons. The van der Waals surface area contributed by atoms with Crippen molar-refractivity contribution in [2.45, 2.75) is 329 Å². The van der Waals surface area contributed by atoms with Crippen molar-refractivity contribution in [2.75, 3.05) is 18.5 Å². The first-order chi connectivity index (χ1) is 30.8. The Balaban J connectivity index is -0.000000419. The first-order valence-corrected chi connectivity index (χ1v) is 32.3. The van der Waals surface area contributed by atoms with Crippen LogP contribution in [0.25, 0.3) is 0 Å². The quantitative estimate of drug-likeness (QED) is 0.0442. The summed E-state index contributed by atoms with van der Waals surface area (Å²) in [5.74, 6) is 0. The second-order valence-electron chi connectivity index (χ2n) is 19.1. The van der Waals surface area contributed by atoms with Gasteiger partial charge in [-0.25, -0.2) is 0 Å². The molecule has 0 aliphatic carbocycles. The minimum absolute atomic E-state index is 0. The molecule has 0 spiro atoms. The van der Waals surface area contributed by atoms with Crippen molar-refractivity contribution >= 4 is 24.1 Å². The molecule has 10 heteroatoms. The van der Waals surface area contributed by atoms with E-state index in [1.807, 2.05) is 0 Å². The van der Waals surface area contributed by atoms with E-state index < -0.39 is 24.1 Å². The van der Waals surface area contributed by atoms with Gasteiger partial charge in [0, 0.05) is 0 Å². The largest absolute Gasteiger partial charge is 3.00 e. The Hall–Kier alpha value is 0.712. The summed E-state index contributed by atoms with van der Waals surface area (Å²) in [6, 6.07) is 0. The van der Waals surface area contributed by atoms with Crippen LogP contribution in [0.5, 0.6) is 0 Å². The molecule has 0 fully saturated rings. The molecule has 0 aliphatic rings. The molecule has 3 atom stereocenters. The summed E-state index contributed by atoms with van der Waals surface area (Å²) in [7, 11) is -6.43. The Morgan fingerprint density at radius 2 is 0.297 bits per heavy atom. The fraction of sp³-hybridized carbons (Fsp3) is 1.00. The van der Waals surface area contributed by atoms with E-state index in [4.69, 9.17) is 0 Å². The van der Waals surface area contributed by atoms with Gasteiger partial charge in [-0.3, -0.25) is 0 Å². The predicted octanol–water partition coefficient (Wildman–Crippen LogP) is 19.0. The van der Waals surface area contributed by atoms with Crippen molar-refractivity contribution in [3.8, 4) is 0 Å². The van der Waals surface area contributed by atoms with Crippen LogP contribution in [0.15, 0.2) is 0 Å². The maximum Gasteiger partial charge on any atom is 3.00 e. The van der Waals surface area contributed by atoms with Gasteiger partial charge in [-0.05, 0) is 38.5 Å². The fourth-order valence-electron chi connectivity index (χ4n) is 8.37. The molecule has 0 rings (SSSR count). The summed E-state index contributed by atoms with van der Waals surface area (Å²) >= 11 is 0. The molecule has 0 saturated carbocycles. The Morgan fingerprint density at radius 1 is 0.203 bits per heavy atom. The van der Waals surface area contributed by atoms with Gasteiger partial charge in [0.15, 0.2) is 0 Å². The van der Waals surface area contributed by atoms with E-state index in [2.05, 4.69) is 20.8 Å². The van der Waals surface area contributed by atoms with Crippen LogP contribution in [0, 0.1) is 0 Å². The molecule has 0 N–H and O–H groups in total. The third-order valence-electron chi connectivity index (χ3n) is 12.6. The molecule has 6 nitrogen and oxygen atoms in total. The van der Waals surface area contributed by atoms with Crippen molar-refractivity contribution in [2.24, 2.45) is 0 Å². The van der Waals surface area contributed by atoms with E-state index in [1.165, 1.54) is 270 Å². The van der Waals surface area contributed by atoms with Gasteiger partial charge >= 0.3 is 41.4 Å². The maximum absolute atomic E-state index is 10.4. The third kappa shape index (κ3) is 79.8. The van der Waals surface area contributed by atoms with E-state index in [-0.39, 0.29) is 17.4 Å². The summed E-state index contributed by atoms with van der Waals surface area (Å²) in [6.45, 7) is 6.82. The van der Waals surface area contributed by atoms with Crippen LogP contribution in [0.2, 0.25) is 0 Å². The van der Waals surface area contributed by atoms with Crippen molar-refractivity contribution in [3.05, 3.63) is 0 Å². The molecule has 0 amide bonds. The van der Waals surface area contributed by atoms with Gasteiger partial charge in [-0.2, -0.15) is 0 Å². The second kappa shape index (κ2) is 68.0. The van der Waals surface area contributed by atoms with Crippen molar-refractivity contribution in [1.82, 2.24) is 0 Å². The number of hydrogen-bond donors (Lipinski definition) is 0. The van der Waals surface area contributed by atoms with Crippen LogP contribution < -0.4 is 14.7 Å². The normalized spacial score (nSPS) is 11.6. The molecule has 64 heavy (non-hydrogen) atoms. The molecule has 0 aliphatic heterocycles. The molecule has 0 bridgehead atoms. The molecular weight excluding hydrogens is 890 g/mol. The molecule has 0 saturated heterocycles. The fourth-order valence-corrected chi connectivity index (χ4v) is 9.81. The molecule has 0 aromatic heterocycles. The van der Waals surface area contributed by atoms with E-state index >= 15 is 0 Å². The van der Waals surface area contributed by atoms with Gasteiger partial charge in [0.25, 0.3) is 0 Å². The summed E-state index contributed by atoms with van der Waals surface area (Å²) in [6.07, 6.45) is 65.0. The Kier molecular flexibility index (Phi) is 75.7. The van der Waals surface area contributed by atoms with Gasteiger partial charge in [-0.1, -0.05) is 304 Å². The van der Waals surface area contributed by atoms with E-state index in [1.54, 1.807) is 0 Å². The van der Waals surface area contributed by atoms with Crippen molar-refractivity contribution in [1.29, 1.82) is 0 Å². The van der Waals surface area contributed by atoms with E-state index in [9.17, 15) is 28.4 Å². The first-order valence-electron chi connectivity index (χ1n) is 28.2. The van der Waals surface area contributed by atoms with Crippen LogP contribution in [-0.2, 0) is 31.1 Å². The SMILES string of the molecule is CCCCCCCCCCCCCCCCCC[P+](=O)[O-].CCCCCCCCCCCCCCCCCC[P+](=O)[O-].CCCCCCCCCCCCCCCCCC[P+](=O)[O-].[Cr+3]. The summed E-state index contributed by atoms with van der Waals surface area (Å²) < 4.78 is 31.2. The van der Waals surface area contributed by atoms with Crippen LogP contribution >= 0.6 is 24.1 Å². The molecule has 0 aromatic rings. The van der Waals surface area contributed by atoms with Crippen molar-refractivity contribution in [3.63, 3.8) is 0 Å².